The number of carbonyl (C=O) groups excluding carboxylic acids is 1. The summed E-state index contributed by atoms with van der Waals surface area (Å²) in [6, 6.07) is 9.13. The van der Waals surface area contributed by atoms with Gasteiger partial charge in [-0.3, -0.25) is 9.69 Å². The van der Waals surface area contributed by atoms with Crippen LogP contribution in [0.3, 0.4) is 0 Å². The van der Waals surface area contributed by atoms with Crippen LogP contribution >= 0.6 is 0 Å². The van der Waals surface area contributed by atoms with E-state index in [1.165, 1.54) is 18.2 Å². The summed E-state index contributed by atoms with van der Waals surface area (Å²) in [4.78, 5) is 13.5. The lowest BCUT2D eigenvalue weighted by molar-refractivity contribution is -0.137. The second-order valence-corrected chi connectivity index (χ2v) is 5.00. The molecular weight excluding hydrogens is 309 g/mol. The summed E-state index contributed by atoms with van der Waals surface area (Å²) < 4.78 is 38.5. The average molecular weight is 318 g/mol. The summed E-state index contributed by atoms with van der Waals surface area (Å²) in [6.07, 6.45) is -4.57. The third kappa shape index (κ3) is 2.28. The van der Waals surface area contributed by atoms with Gasteiger partial charge in [0.1, 0.15) is 5.75 Å². The van der Waals surface area contributed by atoms with Crippen molar-refractivity contribution in [3.63, 3.8) is 0 Å². The maximum atomic E-state index is 12.8. The molecule has 0 saturated heterocycles. The van der Waals surface area contributed by atoms with E-state index in [9.17, 15) is 28.3 Å². The van der Waals surface area contributed by atoms with Gasteiger partial charge in [0, 0.05) is 11.1 Å². The summed E-state index contributed by atoms with van der Waals surface area (Å²) in [5.74, 6) is -0.855. The molecule has 0 bridgehead atoms. The first-order valence-corrected chi connectivity index (χ1v) is 6.57. The maximum absolute atomic E-state index is 12.8. The minimum atomic E-state index is -4.57. The van der Waals surface area contributed by atoms with Gasteiger partial charge in [-0.1, -0.05) is 12.1 Å². The lowest BCUT2D eigenvalue weighted by Crippen LogP contribution is -2.26. The number of aromatic hydroxyl groups is 1. The van der Waals surface area contributed by atoms with Gasteiger partial charge in [-0.05, 0) is 30.3 Å². The maximum Gasteiger partial charge on any atom is 0.416 e. The number of nitrogens with zero attached hydrogens (tertiary/aromatic N) is 2. The molecule has 0 fully saturated rings. The number of phenols is 1. The number of carbonyl (C=O) groups is 1. The van der Waals surface area contributed by atoms with Crippen molar-refractivity contribution in [2.75, 3.05) is 4.90 Å². The molecule has 4 nitrogen and oxygen atoms in total. The second kappa shape index (κ2) is 5.02. The van der Waals surface area contributed by atoms with Gasteiger partial charge in [0.25, 0.3) is 5.91 Å². The van der Waals surface area contributed by atoms with Gasteiger partial charge in [0.05, 0.1) is 17.3 Å². The zero-order valence-corrected chi connectivity index (χ0v) is 11.5. The van der Waals surface area contributed by atoms with E-state index in [0.717, 1.165) is 23.1 Å². The Morgan fingerprint density at radius 3 is 2.48 bits per heavy atom. The van der Waals surface area contributed by atoms with Crippen LogP contribution in [0, 0.1) is 11.3 Å². The van der Waals surface area contributed by atoms with Crippen LogP contribution in [0.2, 0.25) is 0 Å². The smallest absolute Gasteiger partial charge is 0.416 e. The Hall–Kier alpha value is -3.01. The van der Waals surface area contributed by atoms with Crippen molar-refractivity contribution in [2.45, 2.75) is 12.2 Å². The number of rotatable bonds is 1. The van der Waals surface area contributed by atoms with Crippen molar-refractivity contribution in [2.24, 2.45) is 0 Å². The number of hydrogen-bond acceptors (Lipinski definition) is 3. The highest BCUT2D eigenvalue weighted by atomic mass is 19.4. The van der Waals surface area contributed by atoms with Crippen LogP contribution in [-0.2, 0) is 6.18 Å². The predicted molar refractivity (Wildman–Crippen MR) is 74.7 cm³/mol. The quantitative estimate of drug-likeness (QED) is 0.873. The molecule has 0 aliphatic carbocycles. The van der Waals surface area contributed by atoms with Crippen LogP contribution in [0.25, 0.3) is 0 Å². The van der Waals surface area contributed by atoms with Crippen molar-refractivity contribution in [1.82, 2.24) is 0 Å². The van der Waals surface area contributed by atoms with Crippen LogP contribution in [0.15, 0.2) is 42.5 Å². The molecule has 0 spiro atoms. The van der Waals surface area contributed by atoms with Gasteiger partial charge in [-0.2, -0.15) is 18.4 Å². The number of alkyl halides is 3. The number of hydrogen-bond donors (Lipinski definition) is 1. The number of amides is 1. The average Bonchev–Trinajstić information content (AvgIpc) is 2.79. The minimum absolute atomic E-state index is 0.0180. The molecule has 1 atom stereocenters. The molecule has 0 aromatic heterocycles. The van der Waals surface area contributed by atoms with Gasteiger partial charge in [-0.15, -0.1) is 0 Å². The highest BCUT2D eigenvalue weighted by Gasteiger charge is 2.41. The Morgan fingerprint density at radius 2 is 1.87 bits per heavy atom. The van der Waals surface area contributed by atoms with E-state index in [2.05, 4.69) is 0 Å². The lowest BCUT2D eigenvalue weighted by Gasteiger charge is -2.21. The minimum Gasteiger partial charge on any atom is -0.506 e. The summed E-state index contributed by atoms with van der Waals surface area (Å²) in [7, 11) is 0. The zero-order valence-electron chi connectivity index (χ0n) is 11.5. The topological polar surface area (TPSA) is 64.3 Å². The number of benzene rings is 2. The van der Waals surface area contributed by atoms with Crippen LogP contribution < -0.4 is 4.90 Å². The van der Waals surface area contributed by atoms with Crippen LogP contribution in [0.4, 0.5) is 18.9 Å². The largest absolute Gasteiger partial charge is 0.506 e. The third-order valence-electron chi connectivity index (χ3n) is 3.64. The Kier molecular flexibility index (Phi) is 3.25. The molecule has 1 heterocycles. The fourth-order valence-electron chi connectivity index (χ4n) is 2.59. The zero-order chi connectivity index (χ0) is 16.8. The van der Waals surface area contributed by atoms with Crippen LogP contribution in [0.5, 0.6) is 5.75 Å². The molecular formula is C16H9F3N2O2. The first-order chi connectivity index (χ1) is 10.8. The van der Waals surface area contributed by atoms with Crippen molar-refractivity contribution in [3.8, 4) is 11.8 Å². The summed E-state index contributed by atoms with van der Waals surface area (Å²) >= 11 is 0. The molecule has 2 aromatic rings. The number of nitriles is 1. The Labute approximate surface area is 129 Å². The Balaban J connectivity index is 2.16. The lowest BCUT2D eigenvalue weighted by atomic mass is 10.0. The number of fused-ring (bicyclic) bond motifs is 1. The molecule has 1 unspecified atom stereocenters. The molecule has 3 rings (SSSR count). The fraction of sp³-hybridized carbons (Fsp3) is 0.125. The fourth-order valence-corrected chi connectivity index (χ4v) is 2.59. The molecule has 1 aliphatic rings. The summed E-state index contributed by atoms with van der Waals surface area (Å²) in [5.41, 5.74) is -0.847. The molecule has 7 heteroatoms. The first kappa shape index (κ1) is 14.9. The molecule has 23 heavy (non-hydrogen) atoms. The molecule has 1 aliphatic heterocycles. The van der Waals surface area contributed by atoms with E-state index < -0.39 is 23.7 Å². The van der Waals surface area contributed by atoms with Crippen LogP contribution in [-0.4, -0.2) is 11.0 Å². The van der Waals surface area contributed by atoms with Gasteiger partial charge in [0.15, 0.2) is 6.04 Å². The Bertz CT molecular complexity index is 840. The normalized spacial score (nSPS) is 17.0. The van der Waals surface area contributed by atoms with Gasteiger partial charge in [-0.25, -0.2) is 0 Å². The number of anilines is 1. The summed E-state index contributed by atoms with van der Waals surface area (Å²) in [6.45, 7) is 0. The molecule has 1 amide bonds. The van der Waals surface area contributed by atoms with Gasteiger partial charge >= 0.3 is 6.18 Å². The van der Waals surface area contributed by atoms with E-state index in [0.29, 0.717) is 0 Å². The monoisotopic (exact) mass is 318 g/mol. The van der Waals surface area contributed by atoms with E-state index >= 15 is 0 Å². The van der Waals surface area contributed by atoms with Crippen LogP contribution in [0.1, 0.15) is 27.5 Å². The molecule has 0 radical (unpaired) electrons. The highest BCUT2D eigenvalue weighted by molar-refractivity contribution is 6.12. The third-order valence-corrected chi connectivity index (χ3v) is 3.64. The molecule has 2 aromatic carbocycles. The standard InChI is InChI=1S/C16H9F3N2O2/c17-16(18,19)9-5-6-10-11(7-9)13(8-20)21(15(10)23)12-3-1-2-4-14(12)22/h1-7,13,22H. The predicted octanol–water partition coefficient (Wildman–Crippen LogP) is 3.64. The number of para-hydroxylation sites is 2. The molecule has 116 valence electrons. The molecule has 1 N–H and O–H groups in total. The van der Waals surface area contributed by atoms with E-state index in [1.807, 2.05) is 6.07 Å². The SMILES string of the molecule is N#CC1c2cc(C(F)(F)F)ccc2C(=O)N1c1ccccc1O. The number of halogens is 3. The van der Waals surface area contributed by atoms with Crippen molar-refractivity contribution in [3.05, 3.63) is 59.2 Å². The van der Waals surface area contributed by atoms with Crippen molar-refractivity contribution < 1.29 is 23.1 Å². The van der Waals surface area contributed by atoms with E-state index in [-0.39, 0.29) is 22.6 Å². The summed E-state index contributed by atoms with van der Waals surface area (Å²) in [5, 5.41) is 19.2. The second-order valence-electron chi connectivity index (χ2n) is 5.00. The first-order valence-electron chi connectivity index (χ1n) is 6.57. The van der Waals surface area contributed by atoms with Gasteiger partial charge < -0.3 is 5.11 Å². The molecule has 0 saturated carbocycles. The van der Waals surface area contributed by atoms with Crippen molar-refractivity contribution >= 4 is 11.6 Å². The van der Waals surface area contributed by atoms with E-state index in [4.69, 9.17) is 0 Å². The Morgan fingerprint density at radius 1 is 1.17 bits per heavy atom. The number of phenolic OH excluding ortho intramolecular Hbond substituents is 1. The van der Waals surface area contributed by atoms with E-state index in [1.54, 1.807) is 6.07 Å². The van der Waals surface area contributed by atoms with Gasteiger partial charge in [0.2, 0.25) is 0 Å². The van der Waals surface area contributed by atoms with Crippen molar-refractivity contribution in [1.29, 1.82) is 5.26 Å². The highest BCUT2D eigenvalue weighted by Crippen LogP contribution is 2.42.